The summed E-state index contributed by atoms with van der Waals surface area (Å²) < 4.78 is 108. The molecule has 0 heterocycles. The lowest BCUT2D eigenvalue weighted by Gasteiger charge is -2.15. The van der Waals surface area contributed by atoms with Crippen LogP contribution in [-0.4, -0.2) is 13.0 Å². The van der Waals surface area contributed by atoms with Crippen LogP contribution in [0.3, 0.4) is 0 Å². The summed E-state index contributed by atoms with van der Waals surface area (Å²) in [6, 6.07) is 17.8. The van der Waals surface area contributed by atoms with Crippen molar-refractivity contribution in [2.24, 2.45) is 0 Å². The van der Waals surface area contributed by atoms with Gasteiger partial charge in [0.1, 0.15) is 10.1 Å². The Balaban J connectivity index is 0.000000261. The maximum atomic E-state index is 12.3. The van der Waals surface area contributed by atoms with E-state index in [9.17, 15) is 39.3 Å². The summed E-state index contributed by atoms with van der Waals surface area (Å²) >= 11 is -0.0366. The normalized spacial score (nSPS) is 12.5. The van der Waals surface area contributed by atoms with Gasteiger partial charge in [-0.1, -0.05) is 52.0 Å². The number of benzene rings is 3. The van der Waals surface area contributed by atoms with Gasteiger partial charge in [0.15, 0.2) is 7.14 Å². The van der Waals surface area contributed by atoms with E-state index in [0.717, 1.165) is 0 Å². The second-order valence-corrected chi connectivity index (χ2v) is 13.1. The van der Waals surface area contributed by atoms with Crippen LogP contribution in [0.4, 0.5) is 26.3 Å². The lowest BCUT2D eigenvalue weighted by molar-refractivity contribution is -0.597. The van der Waals surface area contributed by atoms with Gasteiger partial charge in [0.05, 0.1) is 16.0 Å². The summed E-state index contributed by atoms with van der Waals surface area (Å²) in [5, 5.41) is 0. The van der Waals surface area contributed by atoms with E-state index in [4.69, 9.17) is 0 Å². The lowest BCUT2D eigenvalue weighted by atomic mass is 10.0. The third-order valence-corrected chi connectivity index (χ3v) is 8.64. The van der Waals surface area contributed by atoms with Crippen LogP contribution >= 0.6 is 0 Å². The van der Waals surface area contributed by atoms with Crippen LogP contribution < -0.4 is 21.2 Å². The Morgan fingerprint density at radius 3 is 1.22 bits per heavy atom. The van der Waals surface area contributed by atoms with E-state index in [1.165, 1.54) is 18.3 Å². The van der Waals surface area contributed by atoms with E-state index in [1.807, 2.05) is 0 Å². The van der Waals surface area contributed by atoms with Crippen molar-refractivity contribution in [1.29, 1.82) is 0 Å². The number of rotatable bonds is 5. The van der Waals surface area contributed by atoms with Crippen molar-refractivity contribution in [3.63, 3.8) is 0 Å². The minimum absolute atomic E-state index is 0.0366. The van der Waals surface area contributed by atoms with Gasteiger partial charge in [0.25, 0.3) is 0 Å². The van der Waals surface area contributed by atoms with Crippen molar-refractivity contribution in [2.75, 3.05) is 0 Å². The smallest absolute Gasteiger partial charge is 0.416 e. The average molecular weight is 658 g/mol. The van der Waals surface area contributed by atoms with Gasteiger partial charge in [-0.25, -0.2) is 8.42 Å². The molecule has 37 heavy (non-hydrogen) atoms. The van der Waals surface area contributed by atoms with Gasteiger partial charge >= 0.3 is 33.6 Å². The lowest BCUT2D eigenvalue weighted by Crippen LogP contribution is -3.61. The van der Waals surface area contributed by atoms with Crippen LogP contribution in [0.1, 0.15) is 61.8 Å². The summed E-state index contributed by atoms with van der Waals surface area (Å²) in [7, 11) is -5.42. The van der Waals surface area contributed by atoms with E-state index in [2.05, 4.69) is 76.2 Å². The molecule has 0 aromatic heterocycles. The largest absolute Gasteiger partial charge is 0.744 e. The van der Waals surface area contributed by atoms with Crippen molar-refractivity contribution < 1.29 is 60.5 Å². The Morgan fingerprint density at radius 2 is 0.973 bits per heavy atom. The topological polar surface area (TPSA) is 57.2 Å². The number of hydrogen-bond acceptors (Lipinski definition) is 3. The molecule has 0 N–H and O–H groups in total. The predicted octanol–water partition coefficient (Wildman–Crippen LogP) is 4.69. The fraction of sp³-hybridized carbons (Fsp3) is 0.308. The molecule has 3 rings (SSSR count). The molecule has 0 atom stereocenters. The molecule has 0 amide bonds. The van der Waals surface area contributed by atoms with E-state index in [-0.39, 0.29) is 39.4 Å². The van der Waals surface area contributed by atoms with Crippen molar-refractivity contribution in [2.45, 2.75) is 56.8 Å². The van der Waals surface area contributed by atoms with Crippen LogP contribution in [0.15, 0.2) is 71.6 Å². The van der Waals surface area contributed by atoms with E-state index in [1.54, 1.807) is 0 Å². The van der Waals surface area contributed by atoms with Crippen LogP contribution in [0.2, 0.25) is 0 Å². The molecule has 0 fully saturated rings. The van der Waals surface area contributed by atoms with E-state index < -0.39 is 38.5 Å². The Bertz CT molecular complexity index is 1200. The third kappa shape index (κ3) is 9.60. The first kappa shape index (κ1) is 31.1. The summed E-state index contributed by atoms with van der Waals surface area (Å²) in [6.07, 6.45) is -10.4. The van der Waals surface area contributed by atoms with Crippen LogP contribution in [0, 0.1) is 7.14 Å². The first-order valence-corrected chi connectivity index (χ1v) is 14.5. The molecule has 0 aliphatic rings. The summed E-state index contributed by atoms with van der Waals surface area (Å²) in [6.45, 7) is 8.98. The quantitative estimate of drug-likeness (QED) is 0.227. The van der Waals surface area contributed by atoms with Gasteiger partial charge in [-0.2, -0.15) is 26.3 Å². The molecule has 0 radical (unpaired) electrons. The molecule has 0 aliphatic carbocycles. The van der Waals surface area contributed by atoms with Crippen LogP contribution in [-0.2, 0) is 22.5 Å². The second-order valence-electron chi connectivity index (χ2n) is 8.70. The predicted molar refractivity (Wildman–Crippen MR) is 123 cm³/mol. The monoisotopic (exact) mass is 658 g/mol. The van der Waals surface area contributed by atoms with Crippen molar-refractivity contribution in [1.82, 2.24) is 0 Å². The third-order valence-electron chi connectivity index (χ3n) is 5.14. The maximum Gasteiger partial charge on any atom is 0.416 e. The highest BCUT2D eigenvalue weighted by molar-refractivity contribution is 7.85. The maximum absolute atomic E-state index is 12.3. The molecule has 3 aromatic rings. The van der Waals surface area contributed by atoms with Gasteiger partial charge in [-0.05, 0) is 65.4 Å². The molecule has 0 saturated carbocycles. The highest BCUT2D eigenvalue weighted by Crippen LogP contribution is 2.37. The van der Waals surface area contributed by atoms with Crippen molar-refractivity contribution in [3.8, 4) is 0 Å². The number of alkyl halides is 6. The Labute approximate surface area is 222 Å². The minimum atomic E-state index is -5.42. The fourth-order valence-electron chi connectivity index (χ4n) is 3.02. The fourth-order valence-corrected chi connectivity index (χ4v) is 5.72. The molecule has 11 heteroatoms. The molecule has 3 aromatic carbocycles. The molecule has 3 nitrogen and oxygen atoms in total. The SMILES string of the molecule is CC(C)c1ccc([I+]c2ccc(C(C)C)cc2)cc1.O=S(=O)([O-])c1cc(C(F)(F)F)cc(C(F)(F)F)c1. The van der Waals surface area contributed by atoms with Crippen molar-refractivity contribution >= 4 is 10.1 Å². The summed E-state index contributed by atoms with van der Waals surface area (Å²) in [4.78, 5) is -1.58. The molecular weight excluding hydrogens is 633 g/mol. The number of hydrogen-bond donors (Lipinski definition) is 0. The van der Waals surface area contributed by atoms with Gasteiger partial charge in [0, 0.05) is 0 Å². The number of halogens is 7. The summed E-state index contributed by atoms with van der Waals surface area (Å²) in [5.41, 5.74) is -0.843. The van der Waals surface area contributed by atoms with Crippen molar-refractivity contribution in [3.05, 3.63) is 96.1 Å². The van der Waals surface area contributed by atoms with E-state index in [0.29, 0.717) is 11.8 Å². The van der Waals surface area contributed by atoms with Gasteiger partial charge in [-0.3, -0.25) is 0 Å². The standard InChI is InChI=1S/C18H22I.C8H4F6O3S/c1-13(2)15-5-9-17(10-6-15)19-18-11-7-16(8-12-18)14(3)4;9-7(10,11)4-1-5(8(12,13)14)3-6(2-4)18(15,16)17/h5-14H,1-4H3;1-3H,(H,15,16,17)/q+1;/p-1. The zero-order valence-corrected chi connectivity index (χ0v) is 23.3. The molecule has 0 spiro atoms. The first-order chi connectivity index (χ1) is 16.9. The molecule has 202 valence electrons. The van der Waals surface area contributed by atoms with Crippen LogP contribution in [0.5, 0.6) is 0 Å². The van der Waals surface area contributed by atoms with Gasteiger partial charge in [0.2, 0.25) is 0 Å². The molecular formula is C26H25F6IO3S. The average Bonchev–Trinajstić information content (AvgIpc) is 2.78. The highest BCUT2D eigenvalue weighted by atomic mass is 127. The molecule has 0 saturated heterocycles. The Kier molecular flexibility index (Phi) is 10.2. The van der Waals surface area contributed by atoms with Gasteiger partial charge in [-0.15, -0.1) is 0 Å². The summed E-state index contributed by atoms with van der Waals surface area (Å²) in [5.74, 6) is 1.25. The molecule has 0 unspecified atom stereocenters. The van der Waals surface area contributed by atoms with E-state index >= 15 is 0 Å². The van der Waals surface area contributed by atoms with Gasteiger partial charge < -0.3 is 4.55 Å². The Hall–Kier alpha value is -2.12. The minimum Gasteiger partial charge on any atom is -0.744 e. The molecule has 0 bridgehead atoms. The second kappa shape index (κ2) is 12.2. The first-order valence-electron chi connectivity index (χ1n) is 11.0. The zero-order valence-electron chi connectivity index (χ0n) is 20.3. The zero-order chi connectivity index (χ0) is 28.2. The molecule has 0 aliphatic heterocycles. The Morgan fingerprint density at radius 1 is 0.649 bits per heavy atom. The highest BCUT2D eigenvalue weighted by Gasteiger charge is 2.37. The van der Waals surface area contributed by atoms with Crippen LogP contribution in [0.25, 0.3) is 0 Å².